The fraction of sp³-hybridized carbons (Fsp3) is 0.316. The van der Waals surface area contributed by atoms with Gasteiger partial charge in [0.15, 0.2) is 0 Å². The van der Waals surface area contributed by atoms with E-state index in [-0.39, 0.29) is 11.5 Å². The molecule has 1 aromatic carbocycles. The monoisotopic (exact) mass is 393 g/mol. The third kappa shape index (κ3) is 4.41. The van der Waals surface area contributed by atoms with Gasteiger partial charge in [0.1, 0.15) is 5.56 Å². The van der Waals surface area contributed by atoms with Crippen molar-refractivity contribution in [3.8, 4) is 5.88 Å². The van der Waals surface area contributed by atoms with Crippen LogP contribution in [0, 0.1) is 0 Å². The van der Waals surface area contributed by atoms with Crippen LogP contribution in [0.4, 0.5) is 18.9 Å². The van der Waals surface area contributed by atoms with Gasteiger partial charge in [0, 0.05) is 31.4 Å². The summed E-state index contributed by atoms with van der Waals surface area (Å²) in [5, 5.41) is 2.56. The highest BCUT2D eigenvalue weighted by Gasteiger charge is 2.36. The number of anilines is 1. The minimum absolute atomic E-state index is 0.0819. The van der Waals surface area contributed by atoms with E-state index in [0.29, 0.717) is 31.3 Å². The molecule has 1 aliphatic rings. The number of hydrogen-bond donors (Lipinski definition) is 1. The number of amides is 2. The van der Waals surface area contributed by atoms with E-state index in [1.165, 1.54) is 0 Å². The molecule has 0 saturated carbocycles. The van der Waals surface area contributed by atoms with E-state index in [1.807, 2.05) is 6.07 Å². The topological polar surface area (TPSA) is 71.5 Å². The molecule has 1 saturated heterocycles. The van der Waals surface area contributed by atoms with E-state index in [4.69, 9.17) is 0 Å². The van der Waals surface area contributed by atoms with Gasteiger partial charge in [-0.25, -0.2) is 4.98 Å². The molecular formula is C19H18F3N3O3. The summed E-state index contributed by atoms with van der Waals surface area (Å²) in [6.45, 7) is 1.11. The number of alkyl halides is 3. The van der Waals surface area contributed by atoms with Gasteiger partial charge in [0.05, 0.1) is 12.7 Å². The maximum absolute atomic E-state index is 13.1. The van der Waals surface area contributed by atoms with Gasteiger partial charge in [-0.1, -0.05) is 12.1 Å². The zero-order valence-corrected chi connectivity index (χ0v) is 15.0. The van der Waals surface area contributed by atoms with Crippen LogP contribution in [-0.4, -0.2) is 35.4 Å². The maximum Gasteiger partial charge on any atom is 0.421 e. The van der Waals surface area contributed by atoms with Gasteiger partial charge >= 0.3 is 6.18 Å². The Labute approximate surface area is 159 Å². The van der Waals surface area contributed by atoms with Crippen molar-refractivity contribution in [2.24, 2.45) is 0 Å². The molecule has 1 aliphatic heterocycles. The van der Waals surface area contributed by atoms with Crippen molar-refractivity contribution < 1.29 is 27.5 Å². The van der Waals surface area contributed by atoms with E-state index in [0.717, 1.165) is 25.3 Å². The minimum atomic E-state index is -4.70. The first kappa shape index (κ1) is 19.7. The smallest absolute Gasteiger partial charge is 0.421 e. The first-order valence-corrected chi connectivity index (χ1v) is 8.57. The van der Waals surface area contributed by atoms with E-state index < -0.39 is 23.5 Å². The molecule has 1 aromatic heterocycles. The average Bonchev–Trinajstić information content (AvgIpc) is 3.05. The van der Waals surface area contributed by atoms with Gasteiger partial charge in [-0.3, -0.25) is 9.59 Å². The second-order valence-corrected chi connectivity index (χ2v) is 6.35. The summed E-state index contributed by atoms with van der Waals surface area (Å²) >= 11 is 0. The Morgan fingerprint density at radius 2 is 2.11 bits per heavy atom. The number of pyridine rings is 1. The van der Waals surface area contributed by atoms with Crippen molar-refractivity contribution >= 4 is 17.5 Å². The number of nitrogens with zero attached hydrogens (tertiary/aromatic N) is 2. The molecule has 0 aliphatic carbocycles. The predicted octanol–water partition coefficient (Wildman–Crippen LogP) is 3.48. The first-order chi connectivity index (χ1) is 13.3. The maximum atomic E-state index is 13.1. The number of rotatable bonds is 5. The lowest BCUT2D eigenvalue weighted by molar-refractivity contribution is -0.139. The second kappa shape index (κ2) is 7.87. The highest BCUT2D eigenvalue weighted by Crippen LogP contribution is 2.35. The lowest BCUT2D eigenvalue weighted by Gasteiger charge is -2.16. The number of halogens is 3. The average molecular weight is 393 g/mol. The van der Waals surface area contributed by atoms with Gasteiger partial charge in [0.25, 0.3) is 5.91 Å². The molecular weight excluding hydrogens is 375 g/mol. The SMILES string of the molecule is COc1ncc(C(=O)Nc2cccc(CN3CCCC3=O)c2)cc1C(F)(F)F. The molecule has 0 radical (unpaired) electrons. The number of benzene rings is 1. The number of hydrogen-bond acceptors (Lipinski definition) is 4. The number of nitrogens with one attached hydrogen (secondary N) is 1. The van der Waals surface area contributed by atoms with Gasteiger partial charge in [-0.2, -0.15) is 13.2 Å². The summed E-state index contributed by atoms with van der Waals surface area (Å²) in [5.41, 5.74) is -0.132. The standard InChI is InChI=1S/C19H18F3N3O3/c1-28-18-15(19(20,21)22)9-13(10-23-18)17(27)24-14-5-2-4-12(8-14)11-25-7-3-6-16(25)26/h2,4-5,8-10H,3,6-7,11H2,1H3,(H,24,27). The lowest BCUT2D eigenvalue weighted by atomic mass is 10.1. The van der Waals surface area contributed by atoms with E-state index >= 15 is 0 Å². The highest BCUT2D eigenvalue weighted by atomic mass is 19.4. The number of carbonyl (C=O) groups is 2. The molecule has 6 nitrogen and oxygen atoms in total. The number of likely N-dealkylation sites (tertiary alicyclic amines) is 1. The summed E-state index contributed by atoms with van der Waals surface area (Å²) in [6.07, 6.45) is -2.32. The molecule has 2 amide bonds. The third-order valence-electron chi connectivity index (χ3n) is 4.34. The quantitative estimate of drug-likeness (QED) is 0.844. The molecule has 0 bridgehead atoms. The van der Waals surface area contributed by atoms with Crippen LogP contribution in [0.2, 0.25) is 0 Å². The van der Waals surface area contributed by atoms with Crippen LogP contribution >= 0.6 is 0 Å². The first-order valence-electron chi connectivity index (χ1n) is 8.57. The zero-order valence-electron chi connectivity index (χ0n) is 15.0. The van der Waals surface area contributed by atoms with Crippen LogP contribution in [0.5, 0.6) is 5.88 Å². The molecule has 1 fully saturated rings. The Morgan fingerprint density at radius 3 is 2.75 bits per heavy atom. The number of carbonyl (C=O) groups excluding carboxylic acids is 2. The molecule has 2 aromatic rings. The third-order valence-corrected chi connectivity index (χ3v) is 4.34. The van der Waals surface area contributed by atoms with E-state index in [2.05, 4.69) is 15.0 Å². The Morgan fingerprint density at radius 1 is 1.32 bits per heavy atom. The van der Waals surface area contributed by atoms with Crippen LogP contribution in [-0.2, 0) is 17.5 Å². The van der Waals surface area contributed by atoms with Crippen molar-refractivity contribution in [2.45, 2.75) is 25.6 Å². The summed E-state index contributed by atoms with van der Waals surface area (Å²) in [6, 6.07) is 7.53. The highest BCUT2D eigenvalue weighted by molar-refractivity contribution is 6.04. The number of ether oxygens (including phenoxy) is 1. The summed E-state index contributed by atoms with van der Waals surface area (Å²) in [4.78, 5) is 29.4. The molecule has 3 rings (SSSR count). The normalized spacial score (nSPS) is 14.3. The molecule has 0 spiro atoms. The largest absolute Gasteiger partial charge is 0.481 e. The second-order valence-electron chi connectivity index (χ2n) is 6.35. The van der Waals surface area contributed by atoms with Crippen LogP contribution < -0.4 is 10.1 Å². The number of methoxy groups -OCH3 is 1. The summed E-state index contributed by atoms with van der Waals surface area (Å²) in [7, 11) is 1.08. The van der Waals surface area contributed by atoms with Crippen molar-refractivity contribution in [1.29, 1.82) is 0 Å². The van der Waals surface area contributed by atoms with Crippen LogP contribution in [0.15, 0.2) is 36.5 Å². The van der Waals surface area contributed by atoms with Crippen LogP contribution in [0.3, 0.4) is 0 Å². The van der Waals surface area contributed by atoms with E-state index in [1.54, 1.807) is 23.1 Å². The van der Waals surface area contributed by atoms with Crippen molar-refractivity contribution in [2.75, 3.05) is 19.0 Å². The molecule has 9 heteroatoms. The van der Waals surface area contributed by atoms with Crippen molar-refractivity contribution in [3.05, 3.63) is 53.2 Å². The molecule has 0 unspecified atom stereocenters. The van der Waals surface area contributed by atoms with Gasteiger partial charge in [0.2, 0.25) is 11.8 Å². The summed E-state index contributed by atoms with van der Waals surface area (Å²) < 4.78 is 43.9. The Hall–Kier alpha value is -3.10. The van der Waals surface area contributed by atoms with Crippen molar-refractivity contribution in [3.63, 3.8) is 0 Å². The van der Waals surface area contributed by atoms with E-state index in [9.17, 15) is 22.8 Å². The number of aromatic nitrogens is 1. The van der Waals surface area contributed by atoms with Gasteiger partial charge < -0.3 is 15.0 Å². The van der Waals surface area contributed by atoms with Crippen LogP contribution in [0.1, 0.15) is 34.3 Å². The molecule has 28 heavy (non-hydrogen) atoms. The van der Waals surface area contributed by atoms with Gasteiger partial charge in [-0.05, 0) is 30.2 Å². The fourth-order valence-electron chi connectivity index (χ4n) is 2.98. The zero-order chi connectivity index (χ0) is 20.3. The molecule has 1 N–H and O–H groups in total. The Kier molecular flexibility index (Phi) is 5.53. The lowest BCUT2D eigenvalue weighted by Crippen LogP contribution is -2.23. The molecule has 0 atom stereocenters. The minimum Gasteiger partial charge on any atom is -0.481 e. The molecule has 148 valence electrons. The summed E-state index contributed by atoms with van der Waals surface area (Å²) in [5.74, 6) is -1.24. The van der Waals surface area contributed by atoms with Crippen molar-refractivity contribution in [1.82, 2.24) is 9.88 Å². The van der Waals surface area contributed by atoms with Crippen LogP contribution in [0.25, 0.3) is 0 Å². The Balaban J connectivity index is 1.76. The Bertz CT molecular complexity index is 899. The molecule has 2 heterocycles. The fourth-order valence-corrected chi connectivity index (χ4v) is 2.98. The van der Waals surface area contributed by atoms with Gasteiger partial charge in [-0.15, -0.1) is 0 Å². The predicted molar refractivity (Wildman–Crippen MR) is 94.8 cm³/mol.